The highest BCUT2D eigenvalue weighted by Gasteiger charge is 2.43. The highest BCUT2D eigenvalue weighted by molar-refractivity contribution is 7.93. The largest absolute Gasteiger partial charge is 0.486 e. The standard InChI is InChI=1S/C20H24ClN5O5S/c1-5-25-10-17(18(21)24-25)32(29,30)26-12(2)16(9-20(3,4)11-22)31-15-7-6-13(8-14(15)26)23-19(27)28/h6-8,10,12,16,23H,5,9H2,1-4H3,(H,27,28)/t12-,16+/m1/s1. The molecule has 12 heteroatoms. The Kier molecular flexibility index (Phi) is 6.31. The average Bonchev–Trinajstić information content (AvgIpc) is 3.10. The van der Waals surface area contributed by atoms with Gasteiger partial charge in [0.1, 0.15) is 16.7 Å². The van der Waals surface area contributed by atoms with Crippen LogP contribution in [-0.2, 0) is 16.6 Å². The van der Waals surface area contributed by atoms with Crippen LogP contribution >= 0.6 is 11.6 Å². The Balaban J connectivity index is 2.17. The van der Waals surface area contributed by atoms with E-state index >= 15 is 0 Å². The molecule has 1 aromatic carbocycles. The predicted molar refractivity (Wildman–Crippen MR) is 119 cm³/mol. The van der Waals surface area contributed by atoms with Crippen LogP contribution in [0.25, 0.3) is 0 Å². The Morgan fingerprint density at radius 3 is 2.69 bits per heavy atom. The normalized spacial score (nSPS) is 18.4. The third-order valence-corrected chi connectivity index (χ3v) is 7.49. The van der Waals surface area contributed by atoms with Crippen LogP contribution in [0.5, 0.6) is 5.75 Å². The van der Waals surface area contributed by atoms with Gasteiger partial charge in [0.05, 0.1) is 23.2 Å². The molecule has 2 N–H and O–H groups in total. The lowest BCUT2D eigenvalue weighted by molar-refractivity contribution is 0.127. The summed E-state index contributed by atoms with van der Waals surface area (Å²) in [5.74, 6) is 0.250. The quantitative estimate of drug-likeness (QED) is 0.637. The molecule has 0 unspecified atom stereocenters. The molecule has 1 amide bonds. The first-order valence-corrected chi connectivity index (χ1v) is 11.7. The third kappa shape index (κ3) is 4.47. The first-order valence-electron chi connectivity index (χ1n) is 9.89. The van der Waals surface area contributed by atoms with Crippen molar-refractivity contribution in [1.82, 2.24) is 9.78 Å². The van der Waals surface area contributed by atoms with Crippen LogP contribution in [0.15, 0.2) is 29.3 Å². The van der Waals surface area contributed by atoms with Gasteiger partial charge in [-0.05, 0) is 45.9 Å². The molecular formula is C20H24ClN5O5S. The molecule has 1 aliphatic heterocycles. The molecule has 0 fully saturated rings. The fourth-order valence-electron chi connectivity index (χ4n) is 3.55. The zero-order valence-electron chi connectivity index (χ0n) is 18.0. The summed E-state index contributed by atoms with van der Waals surface area (Å²) in [6.45, 7) is 7.40. The molecule has 10 nitrogen and oxygen atoms in total. The molecule has 0 aliphatic carbocycles. The monoisotopic (exact) mass is 481 g/mol. The third-order valence-electron chi connectivity index (χ3n) is 5.19. The van der Waals surface area contributed by atoms with Crippen molar-refractivity contribution in [1.29, 1.82) is 5.26 Å². The van der Waals surface area contributed by atoms with Gasteiger partial charge in [0.25, 0.3) is 10.0 Å². The number of anilines is 2. The molecule has 1 aromatic heterocycles. The zero-order valence-corrected chi connectivity index (χ0v) is 19.6. The molecule has 1 aliphatic rings. The minimum absolute atomic E-state index is 0.162. The molecule has 0 bridgehead atoms. The number of nitriles is 1. The van der Waals surface area contributed by atoms with Gasteiger partial charge in [-0.25, -0.2) is 13.2 Å². The Morgan fingerprint density at radius 2 is 2.12 bits per heavy atom. The van der Waals surface area contributed by atoms with E-state index in [1.54, 1.807) is 27.7 Å². The molecule has 172 valence electrons. The second-order valence-electron chi connectivity index (χ2n) is 8.15. The van der Waals surface area contributed by atoms with Crippen LogP contribution in [-0.4, -0.2) is 41.5 Å². The molecule has 0 spiro atoms. The number of hydrogen-bond acceptors (Lipinski definition) is 6. The van der Waals surface area contributed by atoms with E-state index in [2.05, 4.69) is 16.5 Å². The van der Waals surface area contributed by atoms with E-state index in [1.165, 1.54) is 33.4 Å². The number of benzene rings is 1. The second kappa shape index (κ2) is 8.52. The van der Waals surface area contributed by atoms with Crippen LogP contribution in [0.3, 0.4) is 0 Å². The smallest absolute Gasteiger partial charge is 0.409 e. The van der Waals surface area contributed by atoms with E-state index in [0.29, 0.717) is 6.54 Å². The number of aryl methyl sites for hydroxylation is 1. The summed E-state index contributed by atoms with van der Waals surface area (Å²) in [6, 6.07) is 5.85. The van der Waals surface area contributed by atoms with Crippen molar-refractivity contribution in [2.45, 2.75) is 57.7 Å². The van der Waals surface area contributed by atoms with Crippen molar-refractivity contribution in [3.63, 3.8) is 0 Å². The Labute approximate surface area is 191 Å². The summed E-state index contributed by atoms with van der Waals surface area (Å²) in [6.07, 6.45) is -0.296. The SMILES string of the molecule is CCn1cc(S(=O)(=O)N2c3cc(NC(=O)O)ccc3O[C@@H](CC(C)(C)C#N)[C@H]2C)c(Cl)n1. The number of amides is 1. The van der Waals surface area contributed by atoms with Crippen LogP contribution in [0, 0.1) is 16.7 Å². The van der Waals surface area contributed by atoms with Gasteiger partial charge >= 0.3 is 6.09 Å². The first kappa shape index (κ1) is 23.7. The van der Waals surface area contributed by atoms with Gasteiger partial charge in [-0.1, -0.05) is 11.6 Å². The van der Waals surface area contributed by atoms with Crippen molar-refractivity contribution in [3.8, 4) is 11.8 Å². The number of carboxylic acid groups (broad SMARTS) is 1. The summed E-state index contributed by atoms with van der Waals surface area (Å²) in [5.41, 5.74) is -0.421. The molecule has 2 heterocycles. The molecule has 32 heavy (non-hydrogen) atoms. The number of nitrogens with zero attached hydrogens (tertiary/aromatic N) is 4. The van der Waals surface area contributed by atoms with Crippen LogP contribution < -0.4 is 14.4 Å². The second-order valence-corrected chi connectivity index (χ2v) is 10.3. The topological polar surface area (TPSA) is 138 Å². The van der Waals surface area contributed by atoms with Gasteiger partial charge in [0.15, 0.2) is 5.15 Å². The minimum Gasteiger partial charge on any atom is -0.486 e. The Morgan fingerprint density at radius 1 is 1.44 bits per heavy atom. The Bertz CT molecular complexity index is 1190. The first-order chi connectivity index (χ1) is 14.9. The lowest BCUT2D eigenvalue weighted by atomic mass is 9.86. The number of hydrogen-bond donors (Lipinski definition) is 2. The number of ether oxygens (including phenoxy) is 1. The number of sulfonamides is 1. The summed E-state index contributed by atoms with van der Waals surface area (Å²) in [7, 11) is -4.21. The predicted octanol–water partition coefficient (Wildman–Crippen LogP) is 3.93. The van der Waals surface area contributed by atoms with Crippen molar-refractivity contribution < 1.29 is 23.1 Å². The summed E-state index contributed by atoms with van der Waals surface area (Å²) < 4.78 is 36.2. The van der Waals surface area contributed by atoms with Crippen molar-refractivity contribution >= 4 is 39.1 Å². The number of aromatic nitrogens is 2. The van der Waals surface area contributed by atoms with E-state index in [-0.39, 0.29) is 33.6 Å². The summed E-state index contributed by atoms with van der Waals surface area (Å²) in [4.78, 5) is 10.9. The molecule has 0 radical (unpaired) electrons. The zero-order chi connectivity index (χ0) is 23.8. The van der Waals surface area contributed by atoms with Crippen molar-refractivity contribution in [3.05, 3.63) is 29.5 Å². The van der Waals surface area contributed by atoms with Gasteiger partial charge in [-0.2, -0.15) is 10.4 Å². The molecular weight excluding hydrogens is 458 g/mol. The van der Waals surface area contributed by atoms with E-state index < -0.39 is 33.7 Å². The fourth-order valence-corrected chi connectivity index (χ4v) is 5.69. The number of nitrogens with one attached hydrogen (secondary N) is 1. The summed E-state index contributed by atoms with van der Waals surface area (Å²) in [5, 5.41) is 24.6. The molecule has 2 aromatic rings. The molecule has 3 rings (SSSR count). The van der Waals surface area contributed by atoms with E-state index in [1.807, 2.05) is 0 Å². The minimum atomic E-state index is -4.21. The maximum Gasteiger partial charge on any atom is 0.409 e. The Hall–Kier alpha value is -2.97. The van der Waals surface area contributed by atoms with Crippen molar-refractivity contribution in [2.75, 3.05) is 9.62 Å². The number of fused-ring (bicyclic) bond motifs is 1. The fraction of sp³-hybridized carbons (Fsp3) is 0.450. The van der Waals surface area contributed by atoms with Gasteiger partial charge in [0, 0.05) is 24.8 Å². The number of carbonyl (C=O) groups is 1. The van der Waals surface area contributed by atoms with Gasteiger partial charge in [-0.3, -0.25) is 14.3 Å². The molecule has 2 atom stereocenters. The average molecular weight is 482 g/mol. The molecule has 0 saturated carbocycles. The van der Waals surface area contributed by atoms with Gasteiger partial charge in [-0.15, -0.1) is 0 Å². The van der Waals surface area contributed by atoms with E-state index in [9.17, 15) is 18.5 Å². The summed E-state index contributed by atoms with van der Waals surface area (Å²) >= 11 is 6.17. The highest BCUT2D eigenvalue weighted by Crippen LogP contribution is 2.44. The molecule has 0 saturated heterocycles. The van der Waals surface area contributed by atoms with Gasteiger partial charge in [0.2, 0.25) is 0 Å². The number of rotatable bonds is 6. The van der Waals surface area contributed by atoms with Crippen LogP contribution in [0.2, 0.25) is 5.15 Å². The maximum absolute atomic E-state index is 13.8. The lowest BCUT2D eigenvalue weighted by Gasteiger charge is -2.42. The maximum atomic E-state index is 13.8. The van der Waals surface area contributed by atoms with E-state index in [4.69, 9.17) is 21.4 Å². The number of halogens is 1. The van der Waals surface area contributed by atoms with Crippen LogP contribution in [0.1, 0.15) is 34.1 Å². The van der Waals surface area contributed by atoms with Gasteiger partial charge < -0.3 is 9.84 Å². The van der Waals surface area contributed by atoms with Crippen molar-refractivity contribution in [2.24, 2.45) is 5.41 Å². The van der Waals surface area contributed by atoms with Crippen LogP contribution in [0.4, 0.5) is 16.2 Å². The highest BCUT2D eigenvalue weighted by atomic mass is 35.5. The van der Waals surface area contributed by atoms with E-state index in [0.717, 1.165) is 0 Å². The lowest BCUT2D eigenvalue weighted by Crippen LogP contribution is -2.51.